The van der Waals surface area contributed by atoms with Gasteiger partial charge in [-0.25, -0.2) is 9.59 Å². The van der Waals surface area contributed by atoms with Gasteiger partial charge < -0.3 is 28.2 Å². The van der Waals surface area contributed by atoms with Gasteiger partial charge in [-0.15, -0.1) is 0 Å². The number of pyridine rings is 2. The lowest BCUT2D eigenvalue weighted by Gasteiger charge is -2.16. The fraction of sp³-hybridized carbons (Fsp3) is 0.150. The lowest BCUT2D eigenvalue weighted by molar-refractivity contribution is 0.313. The second kappa shape index (κ2) is 19.7. The van der Waals surface area contributed by atoms with Gasteiger partial charge in [0.05, 0.1) is 14.2 Å². The van der Waals surface area contributed by atoms with Crippen molar-refractivity contribution in [2.24, 2.45) is 0 Å². The van der Waals surface area contributed by atoms with Crippen molar-refractivity contribution in [2.45, 2.75) is 27.7 Å². The van der Waals surface area contributed by atoms with E-state index in [1.165, 1.54) is 14.2 Å². The first-order chi connectivity index (χ1) is 26.2. The summed E-state index contributed by atoms with van der Waals surface area (Å²) in [5.74, 6) is 0.914. The molecular formula is C40H33Br2ClN2O8S2. The van der Waals surface area contributed by atoms with Gasteiger partial charge in [0.1, 0.15) is 28.4 Å². The highest BCUT2D eigenvalue weighted by molar-refractivity contribution is 9.11. The molecule has 0 aliphatic carbocycles. The second-order valence-electron chi connectivity index (χ2n) is 11.6. The molecule has 1 N–H and O–H groups in total. The van der Waals surface area contributed by atoms with Gasteiger partial charge in [-0.1, -0.05) is 55.1 Å². The molecule has 6 rings (SSSR count). The summed E-state index contributed by atoms with van der Waals surface area (Å²) in [4.78, 5) is 33.5. The Morgan fingerprint density at radius 3 is 1.62 bits per heavy atom. The van der Waals surface area contributed by atoms with Crippen LogP contribution in [0.4, 0.5) is 0 Å². The SMILES string of the molecule is COC(=S)Cl.COC(=S)Oc1c(C)c(-c2cccnc2)oc(=O)c1-c1cc(C)ccc1Br.Cc1ccc(Br)c(-c2c(O)c(C)c(-c3cccnc3)oc2=O)c1. The Balaban J connectivity index is 0.000000220. The number of hydrogen-bond donors (Lipinski definition) is 1. The molecule has 15 heteroatoms. The zero-order chi connectivity index (χ0) is 40.4. The minimum atomic E-state index is -0.585. The summed E-state index contributed by atoms with van der Waals surface area (Å²) < 4.78 is 27.6. The van der Waals surface area contributed by atoms with E-state index in [1.54, 1.807) is 62.9 Å². The molecule has 0 aliphatic rings. The van der Waals surface area contributed by atoms with Gasteiger partial charge in [0.15, 0.2) is 5.75 Å². The summed E-state index contributed by atoms with van der Waals surface area (Å²) in [5.41, 5.74) is 4.96. The van der Waals surface area contributed by atoms with Gasteiger partial charge in [-0.05, 0) is 100 Å². The number of thiocarbonyl (C=S) groups is 2. The number of benzene rings is 2. The van der Waals surface area contributed by atoms with Crippen molar-refractivity contribution in [1.82, 2.24) is 9.97 Å². The van der Waals surface area contributed by atoms with Crippen LogP contribution in [0.1, 0.15) is 22.3 Å². The van der Waals surface area contributed by atoms with Crippen molar-refractivity contribution >= 4 is 77.6 Å². The molecule has 4 aromatic heterocycles. The maximum Gasteiger partial charge on any atom is 0.357 e. The molecule has 284 valence electrons. The molecular weight excluding hydrogens is 896 g/mol. The number of nitrogens with zero attached hydrogens (tertiary/aromatic N) is 2. The molecule has 2 aromatic carbocycles. The summed E-state index contributed by atoms with van der Waals surface area (Å²) >= 11 is 21.2. The third kappa shape index (κ3) is 10.7. The highest BCUT2D eigenvalue weighted by Gasteiger charge is 2.24. The predicted octanol–water partition coefficient (Wildman–Crippen LogP) is 10.7. The fourth-order valence-corrected chi connectivity index (χ4v) is 6.12. The molecule has 0 saturated carbocycles. The number of ether oxygens (including phenoxy) is 3. The van der Waals surface area contributed by atoms with Gasteiger partial charge in [-0.2, -0.15) is 0 Å². The molecule has 0 saturated heterocycles. The molecule has 0 unspecified atom stereocenters. The standard InChI is InChI=1S/C20H16BrNO4S.C18H14BrNO3.C2H3ClOS/c1-11-6-7-15(21)14(9-11)16-18(26-20(27)24-3)12(2)17(25-19(16)23)13-5-4-8-22-10-13;1-10-5-6-14(19)13(8-10)15-16(21)11(2)17(23-18(15)22)12-4-3-7-20-9-12;1-4-2(3)5/h4-10H,1-3H3;3-9,21H,1-2H3;1H3. The zero-order valence-electron chi connectivity index (χ0n) is 30.2. The summed E-state index contributed by atoms with van der Waals surface area (Å²) in [6, 6.07) is 18.4. The number of aryl methyl sites for hydroxylation is 2. The highest BCUT2D eigenvalue weighted by Crippen LogP contribution is 2.40. The molecule has 0 radical (unpaired) electrons. The van der Waals surface area contributed by atoms with Crippen molar-refractivity contribution in [1.29, 1.82) is 0 Å². The Hall–Kier alpha value is -4.73. The number of halogens is 3. The maximum atomic E-state index is 12.9. The van der Waals surface area contributed by atoms with E-state index in [1.807, 2.05) is 50.2 Å². The average Bonchev–Trinajstić information content (AvgIpc) is 3.18. The van der Waals surface area contributed by atoms with Gasteiger partial charge in [-0.3, -0.25) is 9.97 Å². The van der Waals surface area contributed by atoms with Crippen molar-refractivity contribution in [3.05, 3.63) is 137 Å². The molecule has 0 bridgehead atoms. The van der Waals surface area contributed by atoms with E-state index in [0.717, 1.165) is 20.1 Å². The number of hydrogen-bond acceptors (Lipinski definition) is 12. The Morgan fingerprint density at radius 1 is 0.727 bits per heavy atom. The van der Waals surface area contributed by atoms with Crippen LogP contribution in [0.3, 0.4) is 0 Å². The van der Waals surface area contributed by atoms with E-state index in [9.17, 15) is 14.7 Å². The Morgan fingerprint density at radius 2 is 1.18 bits per heavy atom. The highest BCUT2D eigenvalue weighted by atomic mass is 79.9. The van der Waals surface area contributed by atoms with E-state index in [0.29, 0.717) is 50.7 Å². The van der Waals surface area contributed by atoms with Crippen LogP contribution >= 0.6 is 67.9 Å². The number of methoxy groups -OCH3 is 2. The topological polar surface area (TPSA) is 134 Å². The normalized spacial score (nSPS) is 10.3. The average molecular weight is 929 g/mol. The quantitative estimate of drug-likeness (QED) is 0.130. The Labute approximate surface area is 349 Å². The first-order valence-electron chi connectivity index (χ1n) is 16.1. The second-order valence-corrected chi connectivity index (χ2v) is 14.5. The smallest absolute Gasteiger partial charge is 0.357 e. The zero-order valence-corrected chi connectivity index (χ0v) is 35.8. The first-order valence-corrected chi connectivity index (χ1v) is 18.8. The minimum absolute atomic E-state index is 0.0602. The fourth-order valence-electron chi connectivity index (χ4n) is 5.14. The van der Waals surface area contributed by atoms with Gasteiger partial charge in [0, 0.05) is 79.3 Å². The molecule has 0 fully saturated rings. The van der Waals surface area contributed by atoms with Gasteiger partial charge >= 0.3 is 16.5 Å². The monoisotopic (exact) mass is 926 g/mol. The first kappa shape index (κ1) is 43.0. The van der Waals surface area contributed by atoms with Gasteiger partial charge in [0.25, 0.3) is 4.51 Å². The number of aromatic nitrogens is 2. The van der Waals surface area contributed by atoms with Crippen molar-refractivity contribution in [3.63, 3.8) is 0 Å². The summed E-state index contributed by atoms with van der Waals surface area (Å²) in [7, 11) is 2.84. The van der Waals surface area contributed by atoms with E-state index >= 15 is 0 Å². The molecule has 10 nitrogen and oxygen atoms in total. The summed E-state index contributed by atoms with van der Waals surface area (Å²) in [5, 5.41) is 10.5. The maximum absolute atomic E-state index is 12.9. The van der Waals surface area contributed by atoms with Crippen LogP contribution in [-0.4, -0.2) is 39.0 Å². The molecule has 6 aromatic rings. The largest absolute Gasteiger partial charge is 0.507 e. The molecule has 4 heterocycles. The van der Waals surface area contributed by atoms with Crippen molar-refractivity contribution in [3.8, 4) is 56.4 Å². The molecule has 0 amide bonds. The molecule has 0 atom stereocenters. The summed E-state index contributed by atoms with van der Waals surface area (Å²) in [6.07, 6.45) is 6.49. The van der Waals surface area contributed by atoms with Crippen LogP contribution in [0.25, 0.3) is 44.9 Å². The van der Waals surface area contributed by atoms with Crippen LogP contribution in [-0.2, 0) is 9.47 Å². The molecule has 0 aliphatic heterocycles. The van der Waals surface area contributed by atoms with Crippen molar-refractivity contribution in [2.75, 3.05) is 14.2 Å². The van der Waals surface area contributed by atoms with Crippen LogP contribution in [0, 0.1) is 27.7 Å². The molecule has 0 spiro atoms. The lowest BCUT2D eigenvalue weighted by Crippen LogP contribution is -2.14. The Bertz CT molecular complexity index is 2460. The Kier molecular flexibility index (Phi) is 15.4. The van der Waals surface area contributed by atoms with Crippen LogP contribution < -0.4 is 16.0 Å². The van der Waals surface area contributed by atoms with Crippen molar-refractivity contribution < 1.29 is 28.2 Å². The van der Waals surface area contributed by atoms with E-state index < -0.39 is 11.3 Å². The van der Waals surface area contributed by atoms with E-state index in [4.69, 9.17) is 42.1 Å². The summed E-state index contributed by atoms with van der Waals surface area (Å²) in [6.45, 7) is 7.38. The van der Waals surface area contributed by atoms with E-state index in [2.05, 4.69) is 58.8 Å². The lowest BCUT2D eigenvalue weighted by atomic mass is 10.0. The number of aromatic hydroxyl groups is 1. The van der Waals surface area contributed by atoms with Crippen LogP contribution in [0.5, 0.6) is 11.5 Å². The van der Waals surface area contributed by atoms with E-state index in [-0.39, 0.29) is 26.6 Å². The number of rotatable bonds is 5. The molecule has 55 heavy (non-hydrogen) atoms. The van der Waals surface area contributed by atoms with Gasteiger partial charge in [0.2, 0.25) is 0 Å². The third-order valence-corrected chi connectivity index (χ3v) is 9.73. The third-order valence-electron chi connectivity index (χ3n) is 7.78. The van der Waals surface area contributed by atoms with Crippen LogP contribution in [0.15, 0.2) is 113 Å². The minimum Gasteiger partial charge on any atom is -0.507 e. The van der Waals surface area contributed by atoms with Crippen LogP contribution in [0.2, 0.25) is 0 Å². The predicted molar refractivity (Wildman–Crippen MR) is 229 cm³/mol.